The molecule has 1 aromatic carbocycles. The third-order valence-corrected chi connectivity index (χ3v) is 3.43. The molecule has 116 valence electrons. The van der Waals surface area contributed by atoms with Crippen molar-refractivity contribution in [3.63, 3.8) is 0 Å². The Morgan fingerprint density at radius 1 is 1.14 bits per heavy atom. The first-order valence-electron chi connectivity index (χ1n) is 7.03. The molecule has 1 atom stereocenters. The van der Waals surface area contributed by atoms with E-state index in [1.54, 1.807) is 0 Å². The third kappa shape index (κ3) is 5.36. The van der Waals surface area contributed by atoms with Crippen LogP contribution in [0.15, 0.2) is 30.3 Å². The number of carbonyl (C=O) groups is 2. The number of nitrogens with one attached hydrogen (secondary N) is 2. The summed E-state index contributed by atoms with van der Waals surface area (Å²) in [6.07, 6.45) is 1.98. The molecule has 2 rings (SSSR count). The van der Waals surface area contributed by atoms with E-state index in [-0.39, 0.29) is 42.6 Å². The molecule has 0 aromatic heterocycles. The Balaban J connectivity index is 0.00000220. The Bertz CT molecular complexity index is 463. The van der Waals surface area contributed by atoms with E-state index in [0.29, 0.717) is 13.1 Å². The lowest BCUT2D eigenvalue weighted by molar-refractivity contribution is -0.124. The van der Waals surface area contributed by atoms with Gasteiger partial charge in [0, 0.05) is 25.6 Å². The van der Waals surface area contributed by atoms with E-state index in [9.17, 15) is 9.59 Å². The summed E-state index contributed by atoms with van der Waals surface area (Å²) in [5.74, 6) is -0.140. The van der Waals surface area contributed by atoms with Crippen LogP contribution in [0.4, 0.5) is 0 Å². The van der Waals surface area contributed by atoms with E-state index >= 15 is 0 Å². The predicted molar refractivity (Wildman–Crippen MR) is 84.2 cm³/mol. The molecule has 0 saturated heterocycles. The maximum atomic E-state index is 12.1. The highest BCUT2D eigenvalue weighted by Gasteiger charge is 2.29. The molecule has 0 aliphatic heterocycles. The molecule has 0 radical (unpaired) electrons. The molecule has 1 saturated carbocycles. The number of amides is 2. The number of halogens is 1. The van der Waals surface area contributed by atoms with E-state index in [1.165, 1.54) is 0 Å². The quantitative estimate of drug-likeness (QED) is 0.651. The molecule has 1 unspecified atom stereocenters. The van der Waals surface area contributed by atoms with Crippen molar-refractivity contribution in [2.75, 3.05) is 19.6 Å². The van der Waals surface area contributed by atoms with Gasteiger partial charge in [-0.25, -0.2) is 0 Å². The fourth-order valence-electron chi connectivity index (χ4n) is 2.06. The predicted octanol–water partition coefficient (Wildman–Crippen LogP) is 0.793. The molecule has 1 fully saturated rings. The molecule has 5 nitrogen and oxygen atoms in total. The second kappa shape index (κ2) is 8.64. The molecule has 0 heterocycles. The van der Waals surface area contributed by atoms with Crippen molar-refractivity contribution in [1.29, 1.82) is 0 Å². The summed E-state index contributed by atoms with van der Waals surface area (Å²) in [4.78, 5) is 23.5. The Kier molecular flexibility index (Phi) is 7.19. The SMILES string of the molecule is Cl.NCC(C(=O)NCCNC(=O)C1CC1)c1ccccc1. The summed E-state index contributed by atoms with van der Waals surface area (Å²) in [5.41, 5.74) is 6.59. The molecular weight excluding hydrogens is 290 g/mol. The standard InChI is InChI=1S/C15H21N3O2.ClH/c16-10-13(11-4-2-1-3-5-11)15(20)18-9-8-17-14(19)12-6-7-12;/h1-5,12-13H,6-10,16H2,(H,17,19)(H,18,20);1H. The van der Waals surface area contributed by atoms with Crippen LogP contribution in [-0.4, -0.2) is 31.4 Å². The van der Waals surface area contributed by atoms with Crippen molar-refractivity contribution in [1.82, 2.24) is 10.6 Å². The van der Waals surface area contributed by atoms with Crippen molar-refractivity contribution in [2.45, 2.75) is 18.8 Å². The zero-order valence-electron chi connectivity index (χ0n) is 11.9. The third-order valence-electron chi connectivity index (χ3n) is 3.43. The highest BCUT2D eigenvalue weighted by atomic mass is 35.5. The lowest BCUT2D eigenvalue weighted by Crippen LogP contribution is -2.39. The van der Waals surface area contributed by atoms with Gasteiger partial charge in [0.2, 0.25) is 11.8 Å². The largest absolute Gasteiger partial charge is 0.354 e. The molecule has 1 aliphatic carbocycles. The lowest BCUT2D eigenvalue weighted by Gasteiger charge is -2.15. The van der Waals surface area contributed by atoms with Crippen LogP contribution >= 0.6 is 12.4 Å². The van der Waals surface area contributed by atoms with E-state index in [2.05, 4.69) is 10.6 Å². The van der Waals surface area contributed by atoms with Crippen LogP contribution in [0.5, 0.6) is 0 Å². The zero-order chi connectivity index (χ0) is 14.4. The van der Waals surface area contributed by atoms with Crippen LogP contribution in [-0.2, 0) is 9.59 Å². The molecule has 2 amide bonds. The van der Waals surface area contributed by atoms with Crippen molar-refractivity contribution in [3.05, 3.63) is 35.9 Å². The summed E-state index contributed by atoms with van der Waals surface area (Å²) in [6, 6.07) is 9.47. The molecule has 4 N–H and O–H groups in total. The Hall–Kier alpha value is -1.59. The van der Waals surface area contributed by atoms with Crippen LogP contribution < -0.4 is 16.4 Å². The number of carbonyl (C=O) groups excluding carboxylic acids is 2. The summed E-state index contributed by atoms with van der Waals surface area (Å²) >= 11 is 0. The van der Waals surface area contributed by atoms with Gasteiger partial charge in [0.15, 0.2) is 0 Å². The van der Waals surface area contributed by atoms with Gasteiger partial charge in [0.05, 0.1) is 5.92 Å². The zero-order valence-corrected chi connectivity index (χ0v) is 12.7. The molecule has 21 heavy (non-hydrogen) atoms. The van der Waals surface area contributed by atoms with Crippen LogP contribution in [0.3, 0.4) is 0 Å². The minimum atomic E-state index is -0.338. The van der Waals surface area contributed by atoms with Crippen LogP contribution in [0.25, 0.3) is 0 Å². The van der Waals surface area contributed by atoms with Crippen molar-refractivity contribution in [2.24, 2.45) is 11.7 Å². The molecule has 6 heteroatoms. The van der Waals surface area contributed by atoms with E-state index in [0.717, 1.165) is 18.4 Å². The Morgan fingerprint density at radius 2 is 1.76 bits per heavy atom. The molecule has 0 spiro atoms. The van der Waals surface area contributed by atoms with Gasteiger partial charge in [-0.15, -0.1) is 12.4 Å². The summed E-state index contributed by atoms with van der Waals surface area (Å²) in [5, 5.41) is 5.62. The highest BCUT2D eigenvalue weighted by Crippen LogP contribution is 2.28. The van der Waals surface area contributed by atoms with E-state index < -0.39 is 0 Å². The van der Waals surface area contributed by atoms with Gasteiger partial charge < -0.3 is 16.4 Å². The fourth-order valence-corrected chi connectivity index (χ4v) is 2.06. The Morgan fingerprint density at radius 3 is 2.33 bits per heavy atom. The molecular formula is C15H22ClN3O2. The van der Waals surface area contributed by atoms with Gasteiger partial charge in [-0.05, 0) is 18.4 Å². The van der Waals surface area contributed by atoms with Gasteiger partial charge in [0.1, 0.15) is 0 Å². The second-order valence-electron chi connectivity index (χ2n) is 5.06. The first-order chi connectivity index (χ1) is 9.72. The smallest absolute Gasteiger partial charge is 0.228 e. The number of benzene rings is 1. The average molecular weight is 312 g/mol. The number of hydrogen-bond acceptors (Lipinski definition) is 3. The Labute approximate surface area is 131 Å². The van der Waals surface area contributed by atoms with Gasteiger partial charge in [-0.2, -0.15) is 0 Å². The summed E-state index contributed by atoms with van der Waals surface area (Å²) in [6.45, 7) is 1.16. The highest BCUT2D eigenvalue weighted by molar-refractivity contribution is 5.85. The first kappa shape index (κ1) is 17.5. The normalized spacial score (nSPS) is 14.7. The number of hydrogen-bond donors (Lipinski definition) is 3. The van der Waals surface area contributed by atoms with E-state index in [1.807, 2.05) is 30.3 Å². The molecule has 0 bridgehead atoms. The van der Waals surface area contributed by atoms with Gasteiger partial charge in [-0.3, -0.25) is 9.59 Å². The van der Waals surface area contributed by atoms with Crippen molar-refractivity contribution < 1.29 is 9.59 Å². The van der Waals surface area contributed by atoms with Crippen LogP contribution in [0.1, 0.15) is 24.3 Å². The molecule has 1 aliphatic rings. The fraction of sp³-hybridized carbons (Fsp3) is 0.467. The van der Waals surface area contributed by atoms with E-state index in [4.69, 9.17) is 5.73 Å². The monoisotopic (exact) mass is 311 g/mol. The summed E-state index contributed by atoms with van der Waals surface area (Å²) < 4.78 is 0. The molecule has 1 aromatic rings. The maximum absolute atomic E-state index is 12.1. The van der Waals surface area contributed by atoms with Crippen LogP contribution in [0, 0.1) is 5.92 Å². The number of nitrogens with two attached hydrogens (primary N) is 1. The van der Waals surface area contributed by atoms with Gasteiger partial charge in [0.25, 0.3) is 0 Å². The first-order valence-corrected chi connectivity index (χ1v) is 7.03. The van der Waals surface area contributed by atoms with Crippen molar-refractivity contribution in [3.8, 4) is 0 Å². The van der Waals surface area contributed by atoms with Gasteiger partial charge >= 0.3 is 0 Å². The second-order valence-corrected chi connectivity index (χ2v) is 5.06. The van der Waals surface area contributed by atoms with Crippen molar-refractivity contribution >= 4 is 24.2 Å². The average Bonchev–Trinajstić information content (AvgIpc) is 3.30. The topological polar surface area (TPSA) is 84.2 Å². The maximum Gasteiger partial charge on any atom is 0.228 e. The van der Waals surface area contributed by atoms with Crippen LogP contribution in [0.2, 0.25) is 0 Å². The van der Waals surface area contributed by atoms with Gasteiger partial charge in [-0.1, -0.05) is 30.3 Å². The minimum absolute atomic E-state index is 0. The lowest BCUT2D eigenvalue weighted by atomic mass is 9.98. The summed E-state index contributed by atoms with van der Waals surface area (Å²) in [7, 11) is 0. The number of rotatable bonds is 7. The minimum Gasteiger partial charge on any atom is -0.354 e.